The SMILES string of the molecule is O=C(Nc1cc(Cl)c(OC(F)F)c(Cl)c1)[C@@H]1CCCCN1. The molecule has 1 aromatic rings. The van der Waals surface area contributed by atoms with Crippen molar-refractivity contribution in [2.45, 2.75) is 31.9 Å². The lowest BCUT2D eigenvalue weighted by molar-refractivity contribution is -0.118. The number of hydrogen-bond acceptors (Lipinski definition) is 3. The maximum Gasteiger partial charge on any atom is 0.387 e. The highest BCUT2D eigenvalue weighted by molar-refractivity contribution is 6.37. The molecule has 116 valence electrons. The zero-order valence-corrected chi connectivity index (χ0v) is 12.5. The van der Waals surface area contributed by atoms with E-state index < -0.39 is 6.61 Å². The first-order chi connectivity index (χ1) is 9.97. The van der Waals surface area contributed by atoms with Crippen molar-refractivity contribution in [1.82, 2.24) is 5.32 Å². The van der Waals surface area contributed by atoms with Gasteiger partial charge in [0.25, 0.3) is 0 Å². The zero-order valence-electron chi connectivity index (χ0n) is 11.0. The molecule has 1 amide bonds. The van der Waals surface area contributed by atoms with E-state index in [-0.39, 0.29) is 27.7 Å². The summed E-state index contributed by atoms with van der Waals surface area (Å²) in [5.74, 6) is -0.508. The van der Waals surface area contributed by atoms with Crippen molar-refractivity contribution in [3.05, 3.63) is 22.2 Å². The van der Waals surface area contributed by atoms with Crippen LogP contribution in [-0.2, 0) is 4.79 Å². The van der Waals surface area contributed by atoms with Gasteiger partial charge in [0.05, 0.1) is 16.1 Å². The number of carbonyl (C=O) groups is 1. The molecular weight excluding hydrogens is 325 g/mol. The molecule has 1 aliphatic heterocycles. The quantitative estimate of drug-likeness (QED) is 0.880. The summed E-state index contributed by atoms with van der Waals surface area (Å²) < 4.78 is 28.7. The fourth-order valence-electron chi connectivity index (χ4n) is 2.14. The number of halogens is 4. The molecule has 4 nitrogen and oxygen atoms in total. The predicted octanol–water partition coefficient (Wildman–Crippen LogP) is 3.68. The molecule has 0 bridgehead atoms. The second kappa shape index (κ2) is 7.24. The predicted molar refractivity (Wildman–Crippen MR) is 77.4 cm³/mol. The summed E-state index contributed by atoms with van der Waals surface area (Å²) in [5.41, 5.74) is 0.337. The van der Waals surface area contributed by atoms with Gasteiger partial charge >= 0.3 is 6.61 Å². The fraction of sp³-hybridized carbons (Fsp3) is 0.462. The molecule has 1 atom stereocenters. The Hall–Kier alpha value is -1.11. The number of alkyl halides is 2. The van der Waals surface area contributed by atoms with E-state index in [0.29, 0.717) is 5.69 Å². The van der Waals surface area contributed by atoms with Gasteiger partial charge in [-0.3, -0.25) is 4.79 Å². The molecule has 1 saturated heterocycles. The molecule has 0 unspecified atom stereocenters. The first-order valence-electron chi connectivity index (χ1n) is 6.45. The molecule has 21 heavy (non-hydrogen) atoms. The van der Waals surface area contributed by atoms with Gasteiger partial charge in [-0.25, -0.2) is 0 Å². The molecule has 2 rings (SSSR count). The van der Waals surface area contributed by atoms with Crippen molar-refractivity contribution < 1.29 is 18.3 Å². The van der Waals surface area contributed by atoms with Gasteiger partial charge in [-0.05, 0) is 31.5 Å². The molecule has 8 heteroatoms. The Kier molecular flexibility index (Phi) is 5.61. The normalized spacial score (nSPS) is 18.6. The number of benzene rings is 1. The van der Waals surface area contributed by atoms with Crippen molar-refractivity contribution in [1.29, 1.82) is 0 Å². The van der Waals surface area contributed by atoms with Gasteiger partial charge in [0, 0.05) is 5.69 Å². The second-order valence-corrected chi connectivity index (χ2v) is 5.45. The minimum absolute atomic E-state index is 0.0882. The van der Waals surface area contributed by atoms with E-state index in [0.717, 1.165) is 25.8 Å². The highest BCUT2D eigenvalue weighted by atomic mass is 35.5. The first kappa shape index (κ1) is 16.3. The average molecular weight is 339 g/mol. The molecular formula is C13H14Cl2F2N2O2. The zero-order chi connectivity index (χ0) is 15.4. The molecule has 0 aromatic heterocycles. The highest BCUT2D eigenvalue weighted by Crippen LogP contribution is 2.37. The molecule has 2 N–H and O–H groups in total. The molecule has 1 heterocycles. The average Bonchev–Trinajstić information content (AvgIpc) is 2.43. The Morgan fingerprint density at radius 2 is 2.00 bits per heavy atom. The van der Waals surface area contributed by atoms with E-state index in [4.69, 9.17) is 23.2 Å². The number of anilines is 1. The van der Waals surface area contributed by atoms with Crippen molar-refractivity contribution in [2.75, 3.05) is 11.9 Å². The van der Waals surface area contributed by atoms with Gasteiger partial charge in [-0.1, -0.05) is 29.6 Å². The molecule has 1 aliphatic rings. The maximum atomic E-state index is 12.2. The Labute approximate surface area is 130 Å². The summed E-state index contributed by atoms with van der Waals surface area (Å²) in [5, 5.41) is 5.59. The summed E-state index contributed by atoms with van der Waals surface area (Å²) in [6, 6.07) is 2.38. The number of piperidine rings is 1. The van der Waals surface area contributed by atoms with Crippen LogP contribution in [0.3, 0.4) is 0 Å². The van der Waals surface area contributed by atoms with Gasteiger partial charge in [0.15, 0.2) is 5.75 Å². The molecule has 0 aliphatic carbocycles. The largest absolute Gasteiger partial charge is 0.432 e. The van der Waals surface area contributed by atoms with Gasteiger partial charge in [-0.15, -0.1) is 0 Å². The Morgan fingerprint density at radius 1 is 1.33 bits per heavy atom. The first-order valence-corrected chi connectivity index (χ1v) is 7.21. The molecule has 0 radical (unpaired) electrons. The maximum absolute atomic E-state index is 12.2. The molecule has 1 aromatic carbocycles. The van der Waals surface area contributed by atoms with E-state index >= 15 is 0 Å². The van der Waals surface area contributed by atoms with Gasteiger partial charge < -0.3 is 15.4 Å². The van der Waals surface area contributed by atoms with Crippen molar-refractivity contribution in [2.24, 2.45) is 0 Å². The Bertz CT molecular complexity index is 500. The number of amides is 1. The summed E-state index contributed by atoms with van der Waals surface area (Å²) in [6.07, 6.45) is 2.77. The van der Waals surface area contributed by atoms with Crippen LogP contribution in [0.15, 0.2) is 12.1 Å². The number of carbonyl (C=O) groups excluding carboxylic acids is 1. The van der Waals surface area contributed by atoms with Crippen LogP contribution in [0.2, 0.25) is 10.0 Å². The van der Waals surface area contributed by atoms with E-state index in [1.54, 1.807) is 0 Å². The summed E-state index contributed by atoms with van der Waals surface area (Å²) >= 11 is 11.7. The lowest BCUT2D eigenvalue weighted by Crippen LogP contribution is -2.43. The minimum Gasteiger partial charge on any atom is -0.432 e. The third-order valence-corrected chi connectivity index (χ3v) is 3.66. The van der Waals surface area contributed by atoms with Gasteiger partial charge in [-0.2, -0.15) is 8.78 Å². The van der Waals surface area contributed by atoms with E-state index in [2.05, 4.69) is 15.4 Å². The van der Waals surface area contributed by atoms with Crippen molar-refractivity contribution >= 4 is 34.8 Å². The van der Waals surface area contributed by atoms with Crippen LogP contribution >= 0.6 is 23.2 Å². The Balaban J connectivity index is 2.08. The van der Waals surface area contributed by atoms with Crippen LogP contribution in [0.4, 0.5) is 14.5 Å². The van der Waals surface area contributed by atoms with Crippen LogP contribution in [0.25, 0.3) is 0 Å². The van der Waals surface area contributed by atoms with Crippen LogP contribution in [0.5, 0.6) is 5.75 Å². The van der Waals surface area contributed by atoms with Crippen LogP contribution in [0, 0.1) is 0 Å². The lowest BCUT2D eigenvalue weighted by Gasteiger charge is -2.22. The number of rotatable bonds is 4. The third kappa shape index (κ3) is 4.43. The van der Waals surface area contributed by atoms with Crippen LogP contribution < -0.4 is 15.4 Å². The van der Waals surface area contributed by atoms with E-state index in [1.165, 1.54) is 12.1 Å². The number of hydrogen-bond donors (Lipinski definition) is 2. The lowest BCUT2D eigenvalue weighted by atomic mass is 10.0. The van der Waals surface area contributed by atoms with Crippen molar-refractivity contribution in [3.8, 4) is 5.75 Å². The van der Waals surface area contributed by atoms with Crippen LogP contribution in [0.1, 0.15) is 19.3 Å². The fourth-order valence-corrected chi connectivity index (χ4v) is 2.71. The minimum atomic E-state index is -3.02. The van der Waals surface area contributed by atoms with E-state index in [9.17, 15) is 13.6 Å². The standard InChI is InChI=1S/C13H14Cl2F2N2O2/c14-8-5-7(6-9(15)11(8)21-13(16)17)19-12(20)10-3-1-2-4-18-10/h5-6,10,13,18H,1-4H2,(H,19,20)/t10-/m0/s1. The summed E-state index contributed by atoms with van der Waals surface area (Å²) in [6.45, 7) is -2.23. The number of ether oxygens (including phenoxy) is 1. The highest BCUT2D eigenvalue weighted by Gasteiger charge is 2.21. The third-order valence-electron chi connectivity index (χ3n) is 3.10. The van der Waals surface area contributed by atoms with Gasteiger partial charge in [0.2, 0.25) is 5.91 Å². The smallest absolute Gasteiger partial charge is 0.387 e. The summed E-state index contributed by atoms with van der Waals surface area (Å²) in [7, 11) is 0. The molecule has 0 spiro atoms. The number of nitrogens with one attached hydrogen (secondary N) is 2. The van der Waals surface area contributed by atoms with E-state index in [1.807, 2.05) is 0 Å². The molecule has 0 saturated carbocycles. The molecule has 1 fully saturated rings. The van der Waals surface area contributed by atoms with Crippen molar-refractivity contribution in [3.63, 3.8) is 0 Å². The topological polar surface area (TPSA) is 50.4 Å². The van der Waals surface area contributed by atoms with Gasteiger partial charge in [0.1, 0.15) is 0 Å². The Morgan fingerprint density at radius 3 is 2.52 bits per heavy atom. The second-order valence-electron chi connectivity index (χ2n) is 4.64. The monoisotopic (exact) mass is 338 g/mol. The van der Waals surface area contributed by atoms with Crippen LogP contribution in [-0.4, -0.2) is 25.1 Å². The summed E-state index contributed by atoms with van der Waals surface area (Å²) in [4.78, 5) is 12.0.